The fraction of sp³-hybridized carbons (Fsp3) is 0.647. The van der Waals surface area contributed by atoms with Gasteiger partial charge in [0.1, 0.15) is 5.75 Å². The molecule has 114 valence electrons. The van der Waals surface area contributed by atoms with Crippen molar-refractivity contribution in [1.29, 1.82) is 0 Å². The molecular formula is C17H29NO2. The van der Waals surface area contributed by atoms with Gasteiger partial charge in [-0.1, -0.05) is 32.9 Å². The monoisotopic (exact) mass is 279 g/mol. The minimum Gasteiger partial charge on any atom is -0.493 e. The number of ether oxygens (including phenoxy) is 2. The van der Waals surface area contributed by atoms with Gasteiger partial charge in [-0.25, -0.2) is 0 Å². The lowest BCUT2D eigenvalue weighted by molar-refractivity contribution is 0.0525. The molecule has 1 unspecified atom stereocenters. The predicted molar refractivity (Wildman–Crippen MR) is 84.5 cm³/mol. The number of nitrogens with two attached hydrogens (primary N) is 1. The molecule has 0 amide bonds. The maximum atomic E-state index is 5.99. The third-order valence-electron chi connectivity index (χ3n) is 3.31. The molecule has 2 N–H and O–H groups in total. The molecule has 1 aromatic rings. The smallest absolute Gasteiger partial charge is 0.123 e. The van der Waals surface area contributed by atoms with Crippen LogP contribution in [0.25, 0.3) is 0 Å². The van der Waals surface area contributed by atoms with E-state index in [2.05, 4.69) is 45.9 Å². The van der Waals surface area contributed by atoms with Gasteiger partial charge in [0.2, 0.25) is 0 Å². The van der Waals surface area contributed by atoms with E-state index in [1.54, 1.807) is 0 Å². The first kappa shape index (κ1) is 17.0. The van der Waals surface area contributed by atoms with Crippen LogP contribution >= 0.6 is 0 Å². The van der Waals surface area contributed by atoms with Gasteiger partial charge in [0.15, 0.2) is 0 Å². The maximum Gasteiger partial charge on any atom is 0.123 e. The summed E-state index contributed by atoms with van der Waals surface area (Å²) >= 11 is 0. The quantitative estimate of drug-likeness (QED) is 0.831. The van der Waals surface area contributed by atoms with Crippen LogP contribution in [-0.2, 0) is 10.2 Å². The fourth-order valence-electron chi connectivity index (χ4n) is 2.17. The Kier molecular flexibility index (Phi) is 6.50. The molecule has 20 heavy (non-hydrogen) atoms. The van der Waals surface area contributed by atoms with Crippen molar-refractivity contribution in [2.24, 2.45) is 5.73 Å². The molecule has 0 bridgehead atoms. The molecule has 1 rings (SSSR count). The largest absolute Gasteiger partial charge is 0.493 e. The second-order valence-corrected chi connectivity index (χ2v) is 6.20. The molecule has 0 saturated carbocycles. The first-order chi connectivity index (χ1) is 9.38. The highest BCUT2D eigenvalue weighted by molar-refractivity contribution is 5.41. The molecule has 0 aromatic heterocycles. The van der Waals surface area contributed by atoms with Crippen molar-refractivity contribution in [3.63, 3.8) is 0 Å². The van der Waals surface area contributed by atoms with Crippen LogP contribution in [0.2, 0.25) is 0 Å². The van der Waals surface area contributed by atoms with Gasteiger partial charge in [-0.2, -0.15) is 0 Å². The van der Waals surface area contributed by atoms with Gasteiger partial charge in [-0.05, 0) is 36.5 Å². The van der Waals surface area contributed by atoms with E-state index in [4.69, 9.17) is 15.2 Å². The van der Waals surface area contributed by atoms with Gasteiger partial charge in [-0.15, -0.1) is 0 Å². The average Bonchev–Trinajstić information content (AvgIpc) is 2.36. The lowest BCUT2D eigenvalue weighted by Crippen LogP contribution is -2.26. The van der Waals surface area contributed by atoms with E-state index in [9.17, 15) is 0 Å². The van der Waals surface area contributed by atoms with Gasteiger partial charge in [0.25, 0.3) is 0 Å². The van der Waals surface area contributed by atoms with Crippen LogP contribution < -0.4 is 10.5 Å². The number of rotatable bonds is 7. The summed E-state index contributed by atoms with van der Waals surface area (Å²) in [6.45, 7) is 12.5. The minimum absolute atomic E-state index is 0.0796. The Hall–Kier alpha value is -1.06. The average molecular weight is 279 g/mol. The molecule has 3 heteroatoms. The lowest BCUT2D eigenvalue weighted by atomic mass is 9.86. The lowest BCUT2D eigenvalue weighted by Gasteiger charge is -2.24. The zero-order chi connectivity index (χ0) is 15.2. The van der Waals surface area contributed by atoms with Crippen molar-refractivity contribution in [1.82, 2.24) is 0 Å². The van der Waals surface area contributed by atoms with Crippen LogP contribution in [0.5, 0.6) is 5.75 Å². The van der Waals surface area contributed by atoms with Crippen molar-refractivity contribution in [3.05, 3.63) is 29.3 Å². The normalized spacial score (nSPS) is 13.3. The molecule has 0 heterocycles. The first-order valence-corrected chi connectivity index (χ1v) is 7.44. The Balaban J connectivity index is 2.69. The molecule has 1 aromatic carbocycles. The maximum absolute atomic E-state index is 5.99. The van der Waals surface area contributed by atoms with Crippen molar-refractivity contribution < 1.29 is 9.47 Å². The van der Waals surface area contributed by atoms with E-state index >= 15 is 0 Å². The van der Waals surface area contributed by atoms with E-state index in [0.29, 0.717) is 19.8 Å². The van der Waals surface area contributed by atoms with Crippen molar-refractivity contribution in [2.75, 3.05) is 19.8 Å². The zero-order valence-electron chi connectivity index (χ0n) is 13.5. The Bertz CT molecular complexity index is 410. The molecule has 0 fully saturated rings. The summed E-state index contributed by atoms with van der Waals surface area (Å²) in [5.41, 5.74) is 8.22. The van der Waals surface area contributed by atoms with E-state index in [1.165, 1.54) is 11.1 Å². The molecule has 0 aliphatic heterocycles. The third-order valence-corrected chi connectivity index (χ3v) is 3.31. The van der Waals surface area contributed by atoms with Gasteiger partial charge in [-0.3, -0.25) is 0 Å². The van der Waals surface area contributed by atoms with Crippen molar-refractivity contribution >= 4 is 0 Å². The molecule has 0 aliphatic rings. The number of hydrogen-bond donors (Lipinski definition) is 1. The number of benzene rings is 1. The van der Waals surface area contributed by atoms with E-state index in [-0.39, 0.29) is 11.5 Å². The van der Waals surface area contributed by atoms with Crippen LogP contribution in [0.1, 0.15) is 45.2 Å². The Morgan fingerprint density at radius 2 is 1.95 bits per heavy atom. The van der Waals surface area contributed by atoms with Crippen molar-refractivity contribution in [2.45, 2.75) is 52.6 Å². The van der Waals surface area contributed by atoms with Crippen LogP contribution in [0.15, 0.2) is 18.2 Å². The molecular weight excluding hydrogens is 250 g/mol. The highest BCUT2D eigenvalue weighted by Gasteiger charge is 2.19. The van der Waals surface area contributed by atoms with E-state index in [0.717, 1.165) is 12.2 Å². The van der Waals surface area contributed by atoms with Crippen LogP contribution in [-0.4, -0.2) is 25.9 Å². The van der Waals surface area contributed by atoms with Gasteiger partial charge >= 0.3 is 0 Å². The molecule has 3 nitrogen and oxygen atoms in total. The third kappa shape index (κ3) is 5.14. The van der Waals surface area contributed by atoms with Crippen molar-refractivity contribution in [3.8, 4) is 5.75 Å². The second kappa shape index (κ2) is 7.65. The summed E-state index contributed by atoms with van der Waals surface area (Å²) < 4.78 is 11.5. The SMILES string of the molecule is CCOC(CN)CCOc1cc(C)ccc1C(C)(C)C. The molecule has 1 atom stereocenters. The highest BCUT2D eigenvalue weighted by atomic mass is 16.5. The minimum atomic E-state index is 0.0796. The summed E-state index contributed by atoms with van der Waals surface area (Å²) in [4.78, 5) is 0. The first-order valence-electron chi connectivity index (χ1n) is 7.44. The van der Waals surface area contributed by atoms with E-state index in [1.807, 2.05) is 6.92 Å². The Morgan fingerprint density at radius 1 is 1.25 bits per heavy atom. The number of aryl methyl sites for hydroxylation is 1. The summed E-state index contributed by atoms with van der Waals surface area (Å²) in [7, 11) is 0. The standard InChI is InChI=1S/C17H29NO2/c1-6-19-14(12-18)9-10-20-16-11-13(2)7-8-15(16)17(3,4)5/h7-8,11,14H,6,9-10,12,18H2,1-5H3. The van der Waals surface area contributed by atoms with E-state index < -0.39 is 0 Å². The topological polar surface area (TPSA) is 44.5 Å². The Morgan fingerprint density at radius 3 is 2.50 bits per heavy atom. The summed E-state index contributed by atoms with van der Waals surface area (Å²) in [5, 5.41) is 0. The number of hydrogen-bond acceptors (Lipinski definition) is 3. The van der Waals surface area contributed by atoms with Crippen LogP contribution in [0.4, 0.5) is 0 Å². The Labute approximate surface area is 123 Å². The summed E-state index contributed by atoms with van der Waals surface area (Å²) in [6.07, 6.45) is 0.907. The predicted octanol–water partition coefficient (Wildman–Crippen LogP) is 3.43. The molecule has 0 radical (unpaired) electrons. The zero-order valence-corrected chi connectivity index (χ0v) is 13.5. The second-order valence-electron chi connectivity index (χ2n) is 6.20. The van der Waals surface area contributed by atoms with Gasteiger partial charge in [0.05, 0.1) is 12.7 Å². The molecule has 0 spiro atoms. The fourth-order valence-corrected chi connectivity index (χ4v) is 2.17. The summed E-state index contributed by atoms with van der Waals surface area (Å²) in [6, 6.07) is 6.41. The summed E-state index contributed by atoms with van der Waals surface area (Å²) in [5.74, 6) is 0.977. The van der Waals surface area contributed by atoms with Gasteiger partial charge in [0, 0.05) is 19.6 Å². The van der Waals surface area contributed by atoms with Gasteiger partial charge < -0.3 is 15.2 Å². The van der Waals surface area contributed by atoms with Crippen LogP contribution in [0.3, 0.4) is 0 Å². The highest BCUT2D eigenvalue weighted by Crippen LogP contribution is 2.32. The molecule has 0 saturated heterocycles. The van der Waals surface area contributed by atoms with Crippen LogP contribution in [0, 0.1) is 6.92 Å². The molecule has 0 aliphatic carbocycles.